The number of benzene rings is 2. The summed E-state index contributed by atoms with van der Waals surface area (Å²) in [5.41, 5.74) is 7.43. The highest BCUT2D eigenvalue weighted by Gasteiger charge is 2.13. The molecule has 0 aliphatic rings. The second-order valence-electron chi connectivity index (χ2n) is 4.76. The number of halogens is 1. The van der Waals surface area contributed by atoms with Gasteiger partial charge in [0.1, 0.15) is 5.82 Å². The van der Waals surface area contributed by atoms with Gasteiger partial charge < -0.3 is 11.1 Å². The molecule has 0 aliphatic carbocycles. The van der Waals surface area contributed by atoms with E-state index in [1.807, 2.05) is 0 Å². The first-order valence-corrected chi connectivity index (χ1v) is 6.36. The molecule has 2 aromatic rings. The van der Waals surface area contributed by atoms with E-state index < -0.39 is 5.82 Å². The van der Waals surface area contributed by atoms with Crippen LogP contribution in [0.5, 0.6) is 0 Å². The largest absolute Gasteiger partial charge is 0.398 e. The van der Waals surface area contributed by atoms with Crippen molar-refractivity contribution < 1.29 is 14.0 Å². The van der Waals surface area contributed by atoms with Gasteiger partial charge >= 0.3 is 0 Å². The third-order valence-electron chi connectivity index (χ3n) is 3.11. The number of ketones is 1. The normalized spacial score (nSPS) is 10.2. The third kappa shape index (κ3) is 3.25. The molecule has 0 fully saturated rings. The van der Waals surface area contributed by atoms with E-state index in [0.717, 1.165) is 0 Å². The molecular formula is C16H15FN2O2. The van der Waals surface area contributed by atoms with Gasteiger partial charge in [-0.25, -0.2) is 4.39 Å². The number of amides is 1. The molecule has 3 N–H and O–H groups in total. The first-order chi connectivity index (χ1) is 9.88. The second kappa shape index (κ2) is 5.75. The van der Waals surface area contributed by atoms with Crippen LogP contribution in [0.15, 0.2) is 36.4 Å². The van der Waals surface area contributed by atoms with Gasteiger partial charge in [-0.2, -0.15) is 0 Å². The number of hydrogen-bond donors (Lipinski definition) is 2. The molecule has 0 saturated carbocycles. The number of nitrogens with two attached hydrogens (primary N) is 1. The Hall–Kier alpha value is -2.69. The predicted molar refractivity (Wildman–Crippen MR) is 79.7 cm³/mol. The van der Waals surface area contributed by atoms with Crippen LogP contribution in [0.3, 0.4) is 0 Å². The van der Waals surface area contributed by atoms with E-state index in [4.69, 9.17) is 5.73 Å². The topological polar surface area (TPSA) is 72.2 Å². The smallest absolute Gasteiger partial charge is 0.221 e. The van der Waals surface area contributed by atoms with Gasteiger partial charge in [0, 0.05) is 35.0 Å². The second-order valence-corrected chi connectivity index (χ2v) is 4.76. The van der Waals surface area contributed by atoms with Crippen LogP contribution >= 0.6 is 0 Å². The minimum Gasteiger partial charge on any atom is -0.398 e. The van der Waals surface area contributed by atoms with Crippen LogP contribution in [0.1, 0.15) is 28.4 Å². The number of nitrogens with one attached hydrogen (secondary N) is 1. The minimum atomic E-state index is -0.506. The van der Waals surface area contributed by atoms with Crippen LogP contribution in [0.25, 0.3) is 0 Å². The van der Waals surface area contributed by atoms with Gasteiger partial charge in [0.25, 0.3) is 0 Å². The lowest BCUT2D eigenvalue weighted by atomic mass is 10.0. The van der Waals surface area contributed by atoms with Gasteiger partial charge in [0.15, 0.2) is 5.78 Å². The van der Waals surface area contributed by atoms with Gasteiger partial charge in [0.05, 0.1) is 0 Å². The Balaban J connectivity index is 2.30. The van der Waals surface area contributed by atoms with E-state index in [1.54, 1.807) is 31.2 Å². The first-order valence-electron chi connectivity index (χ1n) is 6.36. The van der Waals surface area contributed by atoms with E-state index in [0.29, 0.717) is 16.8 Å². The maximum absolute atomic E-state index is 13.6. The molecule has 0 bridgehead atoms. The first kappa shape index (κ1) is 14.7. The van der Waals surface area contributed by atoms with E-state index in [-0.39, 0.29) is 22.9 Å². The van der Waals surface area contributed by atoms with E-state index in [1.165, 1.54) is 19.1 Å². The minimum absolute atomic E-state index is 0.192. The number of anilines is 2. The van der Waals surface area contributed by atoms with Crippen LogP contribution in [0.2, 0.25) is 0 Å². The maximum Gasteiger partial charge on any atom is 0.221 e. The Morgan fingerprint density at radius 1 is 1.10 bits per heavy atom. The number of hydrogen-bond acceptors (Lipinski definition) is 3. The van der Waals surface area contributed by atoms with Crippen LogP contribution < -0.4 is 11.1 Å². The number of carbonyl (C=O) groups is 2. The molecule has 0 aliphatic heterocycles. The maximum atomic E-state index is 13.6. The molecule has 0 aromatic heterocycles. The molecule has 0 atom stereocenters. The third-order valence-corrected chi connectivity index (χ3v) is 3.11. The van der Waals surface area contributed by atoms with Crippen molar-refractivity contribution in [2.45, 2.75) is 13.8 Å². The summed E-state index contributed by atoms with van der Waals surface area (Å²) < 4.78 is 13.6. The molecule has 108 valence electrons. The molecular weight excluding hydrogens is 271 g/mol. The van der Waals surface area contributed by atoms with Crippen molar-refractivity contribution in [2.24, 2.45) is 0 Å². The Labute approximate surface area is 121 Å². The van der Waals surface area contributed by atoms with Crippen molar-refractivity contribution in [3.05, 3.63) is 58.9 Å². The monoisotopic (exact) mass is 286 g/mol. The molecule has 21 heavy (non-hydrogen) atoms. The van der Waals surface area contributed by atoms with Crippen LogP contribution in [-0.4, -0.2) is 11.7 Å². The summed E-state index contributed by atoms with van der Waals surface area (Å²) >= 11 is 0. The Bertz CT molecular complexity index is 686. The fourth-order valence-corrected chi connectivity index (χ4v) is 1.91. The van der Waals surface area contributed by atoms with E-state index >= 15 is 0 Å². The Kier molecular flexibility index (Phi) is 4.03. The highest BCUT2D eigenvalue weighted by Crippen LogP contribution is 2.20. The fourth-order valence-electron chi connectivity index (χ4n) is 1.91. The lowest BCUT2D eigenvalue weighted by Crippen LogP contribution is -2.07. The van der Waals surface area contributed by atoms with Crippen molar-refractivity contribution in [3.63, 3.8) is 0 Å². The highest BCUT2D eigenvalue weighted by molar-refractivity contribution is 6.09. The van der Waals surface area contributed by atoms with Gasteiger partial charge in [-0.3, -0.25) is 9.59 Å². The SMILES string of the molecule is CC(=O)Nc1ccc(C(=O)c2cc(N)c(C)c(F)c2)cc1. The van der Waals surface area contributed by atoms with Gasteiger partial charge in [0.2, 0.25) is 5.91 Å². The summed E-state index contributed by atoms with van der Waals surface area (Å²) in [5.74, 6) is -1.02. The Morgan fingerprint density at radius 2 is 1.71 bits per heavy atom. The van der Waals surface area contributed by atoms with E-state index in [9.17, 15) is 14.0 Å². The molecule has 2 aromatic carbocycles. The standard InChI is InChI=1S/C16H15FN2O2/c1-9-14(17)7-12(8-15(9)18)16(21)11-3-5-13(6-4-11)19-10(2)20/h3-8H,18H2,1-2H3,(H,19,20). The average molecular weight is 286 g/mol. The molecule has 2 rings (SSSR count). The van der Waals surface area contributed by atoms with Gasteiger partial charge in [-0.15, -0.1) is 0 Å². The summed E-state index contributed by atoms with van der Waals surface area (Å²) in [6.07, 6.45) is 0. The van der Waals surface area contributed by atoms with Crippen LogP contribution in [0, 0.1) is 12.7 Å². The molecule has 4 nitrogen and oxygen atoms in total. The summed E-state index contributed by atoms with van der Waals surface area (Å²) in [4.78, 5) is 23.2. The molecule has 5 heteroatoms. The van der Waals surface area contributed by atoms with Gasteiger partial charge in [-0.05, 0) is 43.3 Å². The number of carbonyl (C=O) groups excluding carboxylic acids is 2. The average Bonchev–Trinajstić information content (AvgIpc) is 2.43. The summed E-state index contributed by atoms with van der Waals surface area (Å²) in [6.45, 7) is 2.96. The summed E-state index contributed by atoms with van der Waals surface area (Å²) in [6, 6.07) is 9.01. The quantitative estimate of drug-likeness (QED) is 0.673. The van der Waals surface area contributed by atoms with E-state index in [2.05, 4.69) is 5.32 Å². The van der Waals surface area contributed by atoms with Crippen molar-refractivity contribution >= 4 is 23.1 Å². The molecule has 0 radical (unpaired) electrons. The molecule has 0 heterocycles. The Morgan fingerprint density at radius 3 is 2.24 bits per heavy atom. The highest BCUT2D eigenvalue weighted by atomic mass is 19.1. The zero-order valence-electron chi connectivity index (χ0n) is 11.7. The van der Waals surface area contributed by atoms with Crippen molar-refractivity contribution in [2.75, 3.05) is 11.1 Å². The van der Waals surface area contributed by atoms with Crippen molar-refractivity contribution in [1.82, 2.24) is 0 Å². The lowest BCUT2D eigenvalue weighted by Gasteiger charge is -2.07. The predicted octanol–water partition coefficient (Wildman–Crippen LogP) is 2.91. The zero-order valence-corrected chi connectivity index (χ0v) is 11.7. The fraction of sp³-hybridized carbons (Fsp3) is 0.125. The van der Waals surface area contributed by atoms with Crippen LogP contribution in [0.4, 0.5) is 15.8 Å². The summed E-state index contributed by atoms with van der Waals surface area (Å²) in [5, 5.41) is 2.61. The molecule has 0 unspecified atom stereocenters. The molecule has 1 amide bonds. The summed E-state index contributed by atoms with van der Waals surface area (Å²) in [7, 11) is 0. The molecule has 0 spiro atoms. The number of rotatable bonds is 3. The van der Waals surface area contributed by atoms with Gasteiger partial charge in [-0.1, -0.05) is 0 Å². The van der Waals surface area contributed by atoms with Crippen molar-refractivity contribution in [3.8, 4) is 0 Å². The number of nitrogen functional groups attached to an aromatic ring is 1. The lowest BCUT2D eigenvalue weighted by molar-refractivity contribution is -0.114. The zero-order chi connectivity index (χ0) is 15.6. The molecule has 0 saturated heterocycles. The van der Waals surface area contributed by atoms with Crippen LogP contribution in [-0.2, 0) is 4.79 Å². The van der Waals surface area contributed by atoms with Crippen molar-refractivity contribution in [1.29, 1.82) is 0 Å².